The third kappa shape index (κ3) is 5.27. The predicted molar refractivity (Wildman–Crippen MR) is 73.1 cm³/mol. The Morgan fingerprint density at radius 3 is 2.35 bits per heavy atom. The molecule has 1 saturated heterocycles. The molecule has 0 aliphatic carbocycles. The van der Waals surface area contributed by atoms with Crippen molar-refractivity contribution in [3.05, 3.63) is 0 Å². The number of unbranched alkanes of at least 4 members (excludes halogenated alkanes) is 5. The van der Waals surface area contributed by atoms with Crippen LogP contribution >= 0.6 is 0 Å². The molecule has 1 heterocycles. The largest absolute Gasteiger partial charge is 0.394 e. The lowest BCUT2D eigenvalue weighted by atomic mass is 10.1. The zero-order valence-electron chi connectivity index (χ0n) is 12.1. The van der Waals surface area contributed by atoms with Crippen LogP contribution in [0.3, 0.4) is 0 Å². The molecule has 6 heteroatoms. The van der Waals surface area contributed by atoms with Crippen LogP contribution in [-0.4, -0.2) is 64.3 Å². The minimum Gasteiger partial charge on any atom is -0.394 e. The van der Waals surface area contributed by atoms with Crippen molar-refractivity contribution in [1.29, 1.82) is 0 Å². The highest BCUT2D eigenvalue weighted by molar-refractivity contribution is 4.90. The van der Waals surface area contributed by atoms with E-state index in [4.69, 9.17) is 14.6 Å². The lowest BCUT2D eigenvalue weighted by Crippen LogP contribution is -2.40. The van der Waals surface area contributed by atoms with Crippen LogP contribution in [-0.2, 0) is 9.47 Å². The maximum atomic E-state index is 9.75. The van der Waals surface area contributed by atoms with Gasteiger partial charge in [-0.1, -0.05) is 39.0 Å². The van der Waals surface area contributed by atoms with E-state index in [0.29, 0.717) is 6.61 Å². The van der Waals surface area contributed by atoms with Gasteiger partial charge in [-0.25, -0.2) is 0 Å². The summed E-state index contributed by atoms with van der Waals surface area (Å²) in [6, 6.07) is 0. The molecule has 120 valence electrons. The molecule has 20 heavy (non-hydrogen) atoms. The zero-order valence-corrected chi connectivity index (χ0v) is 12.1. The number of aliphatic hydroxyl groups excluding tert-OH is 4. The number of aliphatic hydroxyl groups is 4. The van der Waals surface area contributed by atoms with Crippen LogP contribution in [0.2, 0.25) is 0 Å². The molecule has 0 radical (unpaired) electrons. The molecule has 1 aliphatic rings. The van der Waals surface area contributed by atoms with Gasteiger partial charge in [0.2, 0.25) is 0 Å². The molecule has 1 rings (SSSR count). The molecule has 0 unspecified atom stereocenters. The average Bonchev–Trinajstić information content (AvgIpc) is 2.74. The van der Waals surface area contributed by atoms with Crippen molar-refractivity contribution in [2.75, 3.05) is 13.2 Å². The monoisotopic (exact) mass is 292 g/mol. The Morgan fingerprint density at radius 1 is 1.05 bits per heavy atom. The van der Waals surface area contributed by atoms with Crippen molar-refractivity contribution in [2.24, 2.45) is 0 Å². The van der Waals surface area contributed by atoms with E-state index in [1.165, 1.54) is 25.7 Å². The second-order valence-electron chi connectivity index (χ2n) is 5.34. The molecule has 6 nitrogen and oxygen atoms in total. The molecule has 4 N–H and O–H groups in total. The van der Waals surface area contributed by atoms with Gasteiger partial charge in [-0.3, -0.25) is 0 Å². The summed E-state index contributed by atoms with van der Waals surface area (Å²) in [4.78, 5) is 0. The van der Waals surface area contributed by atoms with Gasteiger partial charge in [0.1, 0.15) is 24.4 Å². The lowest BCUT2D eigenvalue weighted by Gasteiger charge is -2.18. The summed E-state index contributed by atoms with van der Waals surface area (Å²) in [5.41, 5.74) is 0. The van der Waals surface area contributed by atoms with E-state index >= 15 is 0 Å². The maximum Gasteiger partial charge on any atom is 0.186 e. The van der Waals surface area contributed by atoms with Gasteiger partial charge in [-0.2, -0.15) is 0 Å². The second kappa shape index (κ2) is 9.65. The van der Waals surface area contributed by atoms with Gasteiger partial charge in [0.05, 0.1) is 6.61 Å². The van der Waals surface area contributed by atoms with E-state index in [1.54, 1.807) is 0 Å². The number of rotatable bonds is 10. The molecule has 0 amide bonds. The van der Waals surface area contributed by atoms with Crippen LogP contribution < -0.4 is 0 Å². The standard InChI is InChI=1S/C14H28O6/c1-2-3-4-5-6-7-8-19-14-12(18)11(17)13(20-14)10(16)9-15/h10-18H,2-9H2,1H3/t10-,11-,12+,13-,14+/m0/s1. The Morgan fingerprint density at radius 2 is 1.70 bits per heavy atom. The number of hydrogen-bond acceptors (Lipinski definition) is 6. The van der Waals surface area contributed by atoms with E-state index in [-0.39, 0.29) is 0 Å². The summed E-state index contributed by atoms with van der Waals surface area (Å²) in [6.45, 7) is 2.09. The van der Waals surface area contributed by atoms with Gasteiger partial charge in [-0.05, 0) is 6.42 Å². The van der Waals surface area contributed by atoms with E-state index in [2.05, 4.69) is 6.92 Å². The molecule has 0 saturated carbocycles. The highest BCUT2D eigenvalue weighted by Crippen LogP contribution is 2.24. The Labute approximate surface area is 120 Å². The minimum absolute atomic E-state index is 0.447. The minimum atomic E-state index is -1.24. The third-order valence-electron chi connectivity index (χ3n) is 3.60. The van der Waals surface area contributed by atoms with E-state index in [0.717, 1.165) is 12.8 Å². The first kappa shape index (κ1) is 17.8. The van der Waals surface area contributed by atoms with Crippen LogP contribution in [0.5, 0.6) is 0 Å². The second-order valence-corrected chi connectivity index (χ2v) is 5.34. The summed E-state index contributed by atoms with van der Waals surface area (Å²) >= 11 is 0. The first-order chi connectivity index (χ1) is 9.61. The maximum absolute atomic E-state index is 9.75. The number of hydrogen-bond donors (Lipinski definition) is 4. The first-order valence-electron chi connectivity index (χ1n) is 7.54. The van der Waals surface area contributed by atoms with Crippen LogP contribution in [0.4, 0.5) is 0 Å². The molecule has 0 bridgehead atoms. The Balaban J connectivity index is 2.17. The fourth-order valence-electron chi connectivity index (χ4n) is 2.31. The average molecular weight is 292 g/mol. The molecule has 0 spiro atoms. The predicted octanol–water partition coefficient (Wildman–Crippen LogP) is 0.163. The lowest BCUT2D eigenvalue weighted by molar-refractivity contribution is -0.181. The molecule has 5 atom stereocenters. The fourth-order valence-corrected chi connectivity index (χ4v) is 2.31. The van der Waals surface area contributed by atoms with Gasteiger partial charge >= 0.3 is 0 Å². The molecule has 0 aromatic heterocycles. The molecular formula is C14H28O6. The molecular weight excluding hydrogens is 264 g/mol. The van der Waals surface area contributed by atoms with Crippen molar-refractivity contribution in [3.8, 4) is 0 Å². The van der Waals surface area contributed by atoms with Gasteiger partial charge in [-0.15, -0.1) is 0 Å². The third-order valence-corrected chi connectivity index (χ3v) is 3.60. The quantitative estimate of drug-likeness (QED) is 0.428. The van der Waals surface area contributed by atoms with E-state index < -0.39 is 37.3 Å². The van der Waals surface area contributed by atoms with Crippen LogP contribution in [0.25, 0.3) is 0 Å². The van der Waals surface area contributed by atoms with Crippen LogP contribution in [0.15, 0.2) is 0 Å². The normalized spacial score (nSPS) is 31.6. The Kier molecular flexibility index (Phi) is 8.60. The highest BCUT2D eigenvalue weighted by Gasteiger charge is 2.46. The van der Waals surface area contributed by atoms with Crippen LogP contribution in [0, 0.1) is 0 Å². The molecule has 0 aromatic rings. The van der Waals surface area contributed by atoms with Crippen molar-refractivity contribution in [2.45, 2.75) is 76.2 Å². The van der Waals surface area contributed by atoms with E-state index in [1.807, 2.05) is 0 Å². The Hall–Kier alpha value is -0.240. The van der Waals surface area contributed by atoms with Gasteiger partial charge in [0.25, 0.3) is 0 Å². The van der Waals surface area contributed by atoms with Crippen molar-refractivity contribution in [1.82, 2.24) is 0 Å². The van der Waals surface area contributed by atoms with Gasteiger partial charge < -0.3 is 29.9 Å². The van der Waals surface area contributed by atoms with Gasteiger partial charge in [0, 0.05) is 6.61 Å². The topological polar surface area (TPSA) is 99.4 Å². The summed E-state index contributed by atoms with van der Waals surface area (Å²) in [5.74, 6) is 0. The Bertz CT molecular complexity index is 250. The molecule has 1 fully saturated rings. The van der Waals surface area contributed by atoms with Crippen molar-refractivity contribution in [3.63, 3.8) is 0 Å². The fraction of sp³-hybridized carbons (Fsp3) is 1.00. The van der Waals surface area contributed by atoms with Crippen molar-refractivity contribution >= 4 is 0 Å². The molecule has 0 aromatic carbocycles. The highest BCUT2D eigenvalue weighted by atomic mass is 16.7. The molecule has 1 aliphatic heterocycles. The van der Waals surface area contributed by atoms with E-state index in [9.17, 15) is 15.3 Å². The number of ether oxygens (including phenoxy) is 2. The SMILES string of the molecule is CCCCCCCCO[C@@H]1O[C@@H]([C@@H](O)CO)[C@@H](O)[C@H]1O. The smallest absolute Gasteiger partial charge is 0.186 e. The first-order valence-corrected chi connectivity index (χ1v) is 7.54. The summed E-state index contributed by atoms with van der Waals surface area (Å²) in [6.07, 6.45) is 1.19. The summed E-state index contributed by atoms with van der Waals surface area (Å²) in [7, 11) is 0. The van der Waals surface area contributed by atoms with Crippen molar-refractivity contribution < 1.29 is 29.9 Å². The van der Waals surface area contributed by atoms with Gasteiger partial charge in [0.15, 0.2) is 6.29 Å². The summed E-state index contributed by atoms with van der Waals surface area (Å²) < 4.78 is 10.6. The zero-order chi connectivity index (χ0) is 15.0. The summed E-state index contributed by atoms with van der Waals surface area (Å²) in [5, 5.41) is 37.7. The van der Waals surface area contributed by atoms with Crippen LogP contribution in [0.1, 0.15) is 45.4 Å².